The molecule has 0 aliphatic heterocycles. The van der Waals surface area contributed by atoms with Crippen molar-refractivity contribution < 1.29 is 24.0 Å². The second-order valence-electron chi connectivity index (χ2n) is 7.69. The molecule has 1 amide bonds. The number of nitrogens with zero attached hydrogens (tertiary/aromatic N) is 2. The maximum absolute atomic E-state index is 13.1. The van der Waals surface area contributed by atoms with Crippen LogP contribution < -0.4 is 14.9 Å². The average Bonchev–Trinajstić information content (AvgIpc) is 2.90. The Morgan fingerprint density at radius 3 is 2.59 bits per heavy atom. The third-order valence-corrected chi connectivity index (χ3v) is 5.82. The molecule has 0 aliphatic carbocycles. The lowest BCUT2D eigenvalue weighted by atomic mass is 10.0. The highest BCUT2D eigenvalue weighted by atomic mass is 79.9. The Morgan fingerprint density at radius 1 is 1.05 bits per heavy atom. The summed E-state index contributed by atoms with van der Waals surface area (Å²) in [5.74, 6) is -0.636. The van der Waals surface area contributed by atoms with Crippen molar-refractivity contribution in [2.75, 3.05) is 6.61 Å². The van der Waals surface area contributed by atoms with Gasteiger partial charge in [0.1, 0.15) is 0 Å². The summed E-state index contributed by atoms with van der Waals surface area (Å²) >= 11 is 3.43. The molecular formula is C27H20BrN3O6. The number of benzene rings is 4. The summed E-state index contributed by atoms with van der Waals surface area (Å²) in [6.07, 6.45) is 1.37. The minimum Gasteiger partial charge on any atom is -0.490 e. The summed E-state index contributed by atoms with van der Waals surface area (Å²) in [7, 11) is 0. The third-order valence-electron chi connectivity index (χ3n) is 5.23. The van der Waals surface area contributed by atoms with Gasteiger partial charge in [0, 0.05) is 17.7 Å². The predicted molar refractivity (Wildman–Crippen MR) is 142 cm³/mol. The molecule has 0 spiro atoms. The van der Waals surface area contributed by atoms with Crippen LogP contribution in [0.5, 0.6) is 11.5 Å². The van der Waals surface area contributed by atoms with Gasteiger partial charge in [0.15, 0.2) is 11.5 Å². The molecule has 186 valence electrons. The normalized spacial score (nSPS) is 10.9. The van der Waals surface area contributed by atoms with Crippen molar-refractivity contribution in [2.45, 2.75) is 6.92 Å². The zero-order valence-corrected chi connectivity index (χ0v) is 21.1. The maximum atomic E-state index is 13.1. The van der Waals surface area contributed by atoms with E-state index in [4.69, 9.17) is 9.47 Å². The van der Waals surface area contributed by atoms with E-state index in [0.29, 0.717) is 28.0 Å². The Bertz CT molecular complexity index is 1530. The van der Waals surface area contributed by atoms with Crippen molar-refractivity contribution in [2.24, 2.45) is 5.10 Å². The van der Waals surface area contributed by atoms with Crippen LogP contribution in [0, 0.1) is 10.1 Å². The van der Waals surface area contributed by atoms with E-state index in [0.717, 1.165) is 16.8 Å². The Morgan fingerprint density at radius 2 is 1.81 bits per heavy atom. The van der Waals surface area contributed by atoms with Gasteiger partial charge in [-0.3, -0.25) is 14.9 Å². The van der Waals surface area contributed by atoms with Gasteiger partial charge in [-0.2, -0.15) is 5.10 Å². The molecule has 9 nitrogen and oxygen atoms in total. The Labute approximate surface area is 220 Å². The van der Waals surface area contributed by atoms with Crippen molar-refractivity contribution in [1.82, 2.24) is 5.43 Å². The molecule has 0 saturated carbocycles. The summed E-state index contributed by atoms with van der Waals surface area (Å²) < 4.78 is 11.9. The lowest BCUT2D eigenvalue weighted by Gasteiger charge is -2.14. The second-order valence-corrected chi connectivity index (χ2v) is 8.54. The molecule has 0 saturated heterocycles. The van der Waals surface area contributed by atoms with Gasteiger partial charge in [-0.15, -0.1) is 0 Å². The van der Waals surface area contributed by atoms with E-state index in [1.807, 2.05) is 30.3 Å². The van der Waals surface area contributed by atoms with E-state index >= 15 is 0 Å². The number of ether oxygens (including phenoxy) is 2. The second kappa shape index (κ2) is 11.4. The first-order chi connectivity index (χ1) is 17.9. The molecule has 0 atom stereocenters. The van der Waals surface area contributed by atoms with Gasteiger partial charge in [-0.25, -0.2) is 10.2 Å². The van der Waals surface area contributed by atoms with Gasteiger partial charge >= 0.3 is 5.97 Å². The molecule has 0 unspecified atom stereocenters. The van der Waals surface area contributed by atoms with Crippen LogP contribution in [0.4, 0.5) is 5.69 Å². The number of halogens is 1. The van der Waals surface area contributed by atoms with Gasteiger partial charge in [-0.1, -0.05) is 42.5 Å². The van der Waals surface area contributed by atoms with Crippen LogP contribution in [0.15, 0.2) is 88.4 Å². The number of nitro benzene ring substituents is 1. The molecule has 4 rings (SSSR count). The summed E-state index contributed by atoms with van der Waals surface area (Å²) in [6.45, 7) is 2.11. The molecular weight excluding hydrogens is 542 g/mol. The smallest absolute Gasteiger partial charge is 0.344 e. The highest BCUT2D eigenvalue weighted by molar-refractivity contribution is 9.10. The topological polar surface area (TPSA) is 120 Å². The van der Waals surface area contributed by atoms with Crippen molar-refractivity contribution >= 4 is 50.5 Å². The van der Waals surface area contributed by atoms with E-state index in [1.54, 1.807) is 31.2 Å². The van der Waals surface area contributed by atoms with Crippen molar-refractivity contribution in [3.8, 4) is 11.5 Å². The van der Waals surface area contributed by atoms with E-state index in [-0.39, 0.29) is 17.0 Å². The zero-order valence-electron chi connectivity index (χ0n) is 19.5. The van der Waals surface area contributed by atoms with Crippen LogP contribution in [0.25, 0.3) is 10.8 Å². The minimum atomic E-state index is -0.607. The van der Waals surface area contributed by atoms with Crippen molar-refractivity contribution in [1.29, 1.82) is 0 Å². The first-order valence-electron chi connectivity index (χ1n) is 11.1. The fourth-order valence-corrected chi connectivity index (χ4v) is 4.11. The van der Waals surface area contributed by atoms with Crippen LogP contribution in [0.2, 0.25) is 0 Å². The predicted octanol–water partition coefficient (Wildman–Crippen LogP) is 5.89. The van der Waals surface area contributed by atoms with E-state index in [2.05, 4.69) is 26.5 Å². The monoisotopic (exact) mass is 561 g/mol. The van der Waals surface area contributed by atoms with Crippen LogP contribution >= 0.6 is 15.9 Å². The highest BCUT2D eigenvalue weighted by Crippen LogP contribution is 2.37. The fourth-order valence-electron chi connectivity index (χ4n) is 3.57. The summed E-state index contributed by atoms with van der Waals surface area (Å²) in [4.78, 5) is 35.7. The zero-order chi connectivity index (χ0) is 26.4. The SMILES string of the molecule is CCOc1cc(/C=N\NC(=O)c2cccc([N+](=O)[O-])c2)cc(Br)c1OC(=O)c1cccc2ccccc12. The Balaban J connectivity index is 1.54. The lowest BCUT2D eigenvalue weighted by Crippen LogP contribution is -2.17. The van der Waals surface area contributed by atoms with Crippen molar-refractivity contribution in [3.63, 3.8) is 0 Å². The number of esters is 1. The molecule has 4 aromatic rings. The van der Waals surface area contributed by atoms with Gasteiger partial charge in [0.05, 0.1) is 27.8 Å². The molecule has 0 fully saturated rings. The number of nitro groups is 1. The number of hydrazone groups is 1. The van der Waals surface area contributed by atoms with E-state index < -0.39 is 16.8 Å². The number of amides is 1. The molecule has 1 N–H and O–H groups in total. The molecule has 0 aliphatic rings. The number of non-ortho nitro benzene ring substituents is 1. The molecule has 37 heavy (non-hydrogen) atoms. The standard InChI is InChI=1S/C27H20BrN3O6/c1-2-36-24-14-17(16-29-30-26(32)19-9-5-10-20(15-19)31(34)35)13-23(28)25(24)37-27(33)22-12-6-8-18-7-3-4-11-21(18)22/h3-16H,2H2,1H3,(H,30,32)/b29-16-. The average molecular weight is 562 g/mol. The van der Waals surface area contributed by atoms with Crippen molar-refractivity contribution in [3.05, 3.63) is 110 Å². The minimum absolute atomic E-state index is 0.0956. The molecule has 4 aromatic carbocycles. The summed E-state index contributed by atoms with van der Waals surface area (Å²) in [5.41, 5.74) is 3.19. The van der Waals surface area contributed by atoms with Gasteiger partial charge in [0.2, 0.25) is 0 Å². The van der Waals surface area contributed by atoms with Crippen LogP contribution in [0.1, 0.15) is 33.2 Å². The number of carbonyl (C=O) groups excluding carboxylic acids is 2. The largest absolute Gasteiger partial charge is 0.490 e. The number of rotatable bonds is 8. The Hall–Kier alpha value is -4.57. The molecule has 0 aromatic heterocycles. The van der Waals surface area contributed by atoms with Crippen LogP contribution in [-0.2, 0) is 0 Å². The maximum Gasteiger partial charge on any atom is 0.344 e. The quantitative estimate of drug-likeness (QED) is 0.0940. The molecule has 0 heterocycles. The highest BCUT2D eigenvalue weighted by Gasteiger charge is 2.19. The van der Waals surface area contributed by atoms with Gasteiger partial charge < -0.3 is 9.47 Å². The Kier molecular flexibility index (Phi) is 7.89. The summed E-state index contributed by atoms with van der Waals surface area (Å²) in [5, 5.41) is 16.5. The van der Waals surface area contributed by atoms with Crippen LogP contribution in [0.3, 0.4) is 0 Å². The number of nitrogens with one attached hydrogen (secondary N) is 1. The fraction of sp³-hybridized carbons (Fsp3) is 0.0741. The van der Waals surface area contributed by atoms with Gasteiger partial charge in [0.25, 0.3) is 11.6 Å². The first kappa shape index (κ1) is 25.5. The van der Waals surface area contributed by atoms with Gasteiger partial charge in [-0.05, 0) is 63.5 Å². The van der Waals surface area contributed by atoms with Crippen LogP contribution in [-0.4, -0.2) is 29.6 Å². The summed E-state index contributed by atoms with van der Waals surface area (Å²) in [6, 6.07) is 21.5. The molecule has 10 heteroatoms. The van der Waals surface area contributed by atoms with E-state index in [9.17, 15) is 19.7 Å². The third kappa shape index (κ3) is 5.99. The number of fused-ring (bicyclic) bond motifs is 1. The molecule has 0 radical (unpaired) electrons. The number of carbonyl (C=O) groups is 2. The number of hydrogen-bond donors (Lipinski definition) is 1. The molecule has 0 bridgehead atoms. The number of hydrogen-bond acceptors (Lipinski definition) is 7. The lowest BCUT2D eigenvalue weighted by molar-refractivity contribution is -0.384. The van der Waals surface area contributed by atoms with E-state index in [1.165, 1.54) is 24.4 Å². The first-order valence-corrected chi connectivity index (χ1v) is 11.9.